The van der Waals surface area contributed by atoms with Crippen molar-refractivity contribution in [2.45, 2.75) is 12.5 Å². The standard InChI is InChI=1S/C15H21NO3/c1-18-14-6-4-13(5-7-14)15(17)10-16-9-12-3-2-8-19-11-12/h3-7,15-17H,2,8-11H2,1H3. The zero-order valence-electron chi connectivity index (χ0n) is 11.3. The molecular formula is C15H21NO3. The van der Waals surface area contributed by atoms with E-state index in [9.17, 15) is 5.11 Å². The topological polar surface area (TPSA) is 50.7 Å². The first-order valence-corrected chi connectivity index (χ1v) is 6.58. The van der Waals surface area contributed by atoms with Crippen LogP contribution in [0.15, 0.2) is 35.9 Å². The fraction of sp³-hybridized carbons (Fsp3) is 0.467. The maximum Gasteiger partial charge on any atom is 0.118 e. The van der Waals surface area contributed by atoms with Gasteiger partial charge in [0.15, 0.2) is 0 Å². The number of benzene rings is 1. The Morgan fingerprint density at radius 3 is 2.79 bits per heavy atom. The first-order valence-electron chi connectivity index (χ1n) is 6.58. The minimum Gasteiger partial charge on any atom is -0.497 e. The van der Waals surface area contributed by atoms with Gasteiger partial charge in [0.25, 0.3) is 0 Å². The van der Waals surface area contributed by atoms with Gasteiger partial charge in [-0.25, -0.2) is 0 Å². The Kier molecular flexibility index (Phi) is 5.39. The smallest absolute Gasteiger partial charge is 0.118 e. The van der Waals surface area contributed by atoms with Crippen molar-refractivity contribution >= 4 is 0 Å². The maximum absolute atomic E-state index is 10.1. The van der Waals surface area contributed by atoms with Crippen molar-refractivity contribution in [3.63, 3.8) is 0 Å². The van der Waals surface area contributed by atoms with Gasteiger partial charge in [0.2, 0.25) is 0 Å². The molecular weight excluding hydrogens is 242 g/mol. The minimum absolute atomic E-state index is 0.504. The van der Waals surface area contributed by atoms with E-state index >= 15 is 0 Å². The van der Waals surface area contributed by atoms with Crippen LogP contribution in [0, 0.1) is 0 Å². The van der Waals surface area contributed by atoms with E-state index in [-0.39, 0.29) is 0 Å². The van der Waals surface area contributed by atoms with Crippen molar-refractivity contribution in [2.75, 3.05) is 33.4 Å². The molecule has 4 nitrogen and oxygen atoms in total. The molecule has 1 aliphatic rings. The zero-order chi connectivity index (χ0) is 13.5. The molecule has 2 N–H and O–H groups in total. The van der Waals surface area contributed by atoms with Crippen LogP contribution in [0.1, 0.15) is 18.1 Å². The lowest BCUT2D eigenvalue weighted by Gasteiger charge is -2.16. The highest BCUT2D eigenvalue weighted by atomic mass is 16.5. The number of nitrogens with one attached hydrogen (secondary N) is 1. The molecule has 0 aliphatic carbocycles. The molecule has 0 fully saturated rings. The van der Waals surface area contributed by atoms with Gasteiger partial charge in [-0.05, 0) is 29.7 Å². The minimum atomic E-state index is -0.504. The van der Waals surface area contributed by atoms with Gasteiger partial charge in [-0.3, -0.25) is 0 Å². The van der Waals surface area contributed by atoms with Crippen molar-refractivity contribution in [1.82, 2.24) is 5.32 Å². The van der Waals surface area contributed by atoms with Crippen molar-refractivity contribution in [2.24, 2.45) is 0 Å². The maximum atomic E-state index is 10.1. The van der Waals surface area contributed by atoms with Crippen LogP contribution >= 0.6 is 0 Å². The number of aliphatic hydroxyl groups is 1. The van der Waals surface area contributed by atoms with E-state index in [1.807, 2.05) is 24.3 Å². The summed E-state index contributed by atoms with van der Waals surface area (Å²) >= 11 is 0. The molecule has 1 atom stereocenters. The molecule has 0 radical (unpaired) electrons. The summed E-state index contributed by atoms with van der Waals surface area (Å²) in [7, 11) is 1.63. The van der Waals surface area contributed by atoms with E-state index in [2.05, 4.69) is 11.4 Å². The average Bonchev–Trinajstić information content (AvgIpc) is 2.48. The molecule has 1 heterocycles. The second-order valence-corrected chi connectivity index (χ2v) is 4.62. The van der Waals surface area contributed by atoms with Crippen LogP contribution in [0.4, 0.5) is 0 Å². The third-order valence-electron chi connectivity index (χ3n) is 3.17. The number of hydrogen-bond donors (Lipinski definition) is 2. The van der Waals surface area contributed by atoms with Crippen LogP contribution in [0.3, 0.4) is 0 Å². The highest BCUT2D eigenvalue weighted by molar-refractivity contribution is 5.28. The molecule has 0 bridgehead atoms. The Morgan fingerprint density at radius 1 is 1.37 bits per heavy atom. The van der Waals surface area contributed by atoms with Gasteiger partial charge in [-0.2, -0.15) is 0 Å². The van der Waals surface area contributed by atoms with Crippen LogP contribution in [0.2, 0.25) is 0 Å². The molecule has 0 aromatic heterocycles. The molecule has 19 heavy (non-hydrogen) atoms. The molecule has 104 valence electrons. The molecule has 1 aromatic carbocycles. The van der Waals surface area contributed by atoms with Crippen LogP contribution in [0.5, 0.6) is 5.75 Å². The van der Waals surface area contributed by atoms with Gasteiger partial charge >= 0.3 is 0 Å². The summed E-state index contributed by atoms with van der Waals surface area (Å²) in [6, 6.07) is 7.48. The second kappa shape index (κ2) is 7.28. The van der Waals surface area contributed by atoms with Gasteiger partial charge in [0.05, 0.1) is 26.4 Å². The van der Waals surface area contributed by atoms with Crippen LogP contribution in [-0.2, 0) is 4.74 Å². The van der Waals surface area contributed by atoms with E-state index in [0.717, 1.165) is 30.9 Å². The lowest BCUT2D eigenvalue weighted by Crippen LogP contribution is -2.26. The van der Waals surface area contributed by atoms with Gasteiger partial charge in [0, 0.05) is 13.1 Å². The van der Waals surface area contributed by atoms with Crippen molar-refractivity contribution in [3.8, 4) is 5.75 Å². The normalized spacial score (nSPS) is 16.8. The molecule has 0 spiro atoms. The molecule has 0 amide bonds. The first kappa shape index (κ1) is 14.1. The predicted octanol–water partition coefficient (Wildman–Crippen LogP) is 1.66. The van der Waals surface area contributed by atoms with Gasteiger partial charge < -0.3 is 19.9 Å². The van der Waals surface area contributed by atoms with E-state index in [0.29, 0.717) is 13.2 Å². The first-order chi connectivity index (χ1) is 9.29. The molecule has 1 aliphatic heterocycles. The summed E-state index contributed by atoms with van der Waals surface area (Å²) in [5.41, 5.74) is 2.15. The average molecular weight is 263 g/mol. The monoisotopic (exact) mass is 263 g/mol. The van der Waals surface area contributed by atoms with E-state index < -0.39 is 6.10 Å². The Balaban J connectivity index is 1.76. The lowest BCUT2D eigenvalue weighted by molar-refractivity contribution is 0.146. The molecule has 2 rings (SSSR count). The Hall–Kier alpha value is -1.36. The van der Waals surface area contributed by atoms with E-state index in [4.69, 9.17) is 9.47 Å². The van der Waals surface area contributed by atoms with E-state index in [1.165, 1.54) is 5.57 Å². The van der Waals surface area contributed by atoms with Crippen LogP contribution in [0.25, 0.3) is 0 Å². The fourth-order valence-electron chi connectivity index (χ4n) is 2.05. The number of rotatable bonds is 6. The van der Waals surface area contributed by atoms with Gasteiger partial charge in [0.1, 0.15) is 5.75 Å². The summed E-state index contributed by atoms with van der Waals surface area (Å²) in [5.74, 6) is 0.799. The van der Waals surface area contributed by atoms with Crippen LogP contribution in [-0.4, -0.2) is 38.5 Å². The SMILES string of the molecule is COc1ccc(C(O)CNCC2=CCCOC2)cc1. The van der Waals surface area contributed by atoms with Crippen molar-refractivity contribution in [3.05, 3.63) is 41.5 Å². The van der Waals surface area contributed by atoms with Crippen molar-refractivity contribution in [1.29, 1.82) is 0 Å². The summed E-state index contributed by atoms with van der Waals surface area (Å²) in [6.45, 7) is 2.82. The summed E-state index contributed by atoms with van der Waals surface area (Å²) in [5, 5.41) is 13.3. The molecule has 4 heteroatoms. The summed E-state index contributed by atoms with van der Waals surface area (Å²) in [4.78, 5) is 0. The van der Waals surface area contributed by atoms with Crippen LogP contribution < -0.4 is 10.1 Å². The number of aliphatic hydroxyl groups excluding tert-OH is 1. The Labute approximate surface area is 114 Å². The quantitative estimate of drug-likeness (QED) is 0.767. The van der Waals surface area contributed by atoms with Gasteiger partial charge in [-0.15, -0.1) is 0 Å². The predicted molar refractivity (Wildman–Crippen MR) is 74.3 cm³/mol. The molecule has 1 unspecified atom stereocenters. The number of ether oxygens (including phenoxy) is 2. The molecule has 1 aromatic rings. The summed E-state index contributed by atoms with van der Waals surface area (Å²) in [6.07, 6.45) is 2.69. The largest absolute Gasteiger partial charge is 0.497 e. The molecule has 0 saturated carbocycles. The molecule has 0 saturated heterocycles. The third kappa shape index (κ3) is 4.35. The van der Waals surface area contributed by atoms with Crippen molar-refractivity contribution < 1.29 is 14.6 Å². The number of methoxy groups -OCH3 is 1. The highest BCUT2D eigenvalue weighted by Crippen LogP contribution is 2.17. The Bertz CT molecular complexity index is 414. The van der Waals surface area contributed by atoms with Gasteiger partial charge in [-0.1, -0.05) is 18.2 Å². The zero-order valence-corrected chi connectivity index (χ0v) is 11.3. The highest BCUT2D eigenvalue weighted by Gasteiger charge is 2.08. The second-order valence-electron chi connectivity index (χ2n) is 4.62. The lowest BCUT2D eigenvalue weighted by atomic mass is 10.1. The summed E-state index contributed by atoms with van der Waals surface area (Å²) < 4.78 is 10.5. The van der Waals surface area contributed by atoms with E-state index in [1.54, 1.807) is 7.11 Å². The Morgan fingerprint density at radius 2 is 2.16 bits per heavy atom. The fourth-order valence-corrected chi connectivity index (χ4v) is 2.05. The number of hydrogen-bond acceptors (Lipinski definition) is 4. The third-order valence-corrected chi connectivity index (χ3v) is 3.17.